The Morgan fingerprint density at radius 2 is 2.06 bits per heavy atom. The topological polar surface area (TPSA) is 16.1 Å². The van der Waals surface area contributed by atoms with Gasteiger partial charge in [-0.25, -0.2) is 0 Å². The van der Waals surface area contributed by atoms with Gasteiger partial charge in [-0.15, -0.1) is 0 Å². The Labute approximate surface area is 96.9 Å². The van der Waals surface area contributed by atoms with E-state index in [2.05, 4.69) is 48.2 Å². The van der Waals surface area contributed by atoms with Crippen LogP contribution in [0.3, 0.4) is 0 Å². The van der Waals surface area contributed by atoms with Crippen LogP contribution in [0.1, 0.15) is 12.0 Å². The van der Waals surface area contributed by atoms with Crippen molar-refractivity contribution in [3.8, 4) is 0 Å². The first-order chi connectivity index (χ1) is 7.77. The Balaban J connectivity index is 2.17. The highest BCUT2D eigenvalue weighted by molar-refractivity contribution is 5.84. The maximum absolute atomic E-state index is 4.21. The van der Waals surface area contributed by atoms with Gasteiger partial charge < -0.3 is 4.90 Å². The molecule has 84 valence electrons. The van der Waals surface area contributed by atoms with Gasteiger partial charge in [0, 0.05) is 17.8 Å². The fourth-order valence-corrected chi connectivity index (χ4v) is 1.98. The highest BCUT2D eigenvalue weighted by atomic mass is 15.0. The lowest BCUT2D eigenvalue weighted by molar-refractivity contribution is 0.400. The molecule has 16 heavy (non-hydrogen) atoms. The van der Waals surface area contributed by atoms with Gasteiger partial charge in [-0.05, 0) is 50.5 Å². The van der Waals surface area contributed by atoms with Gasteiger partial charge in [-0.2, -0.15) is 0 Å². The summed E-state index contributed by atoms with van der Waals surface area (Å²) in [5.74, 6) is 0. The molecule has 0 aliphatic heterocycles. The lowest BCUT2D eigenvalue weighted by atomic mass is 10.0. The van der Waals surface area contributed by atoms with Crippen LogP contribution in [0.4, 0.5) is 0 Å². The standard InChI is InChI=1S/C14H18N2/c1-16(2)10-4-7-12-5-3-6-13-8-9-15-11-14(12)13/h3,5-6,8-9,11H,4,7,10H2,1-2H3. The minimum absolute atomic E-state index is 1.13. The summed E-state index contributed by atoms with van der Waals surface area (Å²) in [6.07, 6.45) is 6.15. The third kappa shape index (κ3) is 2.58. The first-order valence-corrected chi connectivity index (χ1v) is 5.74. The zero-order valence-corrected chi connectivity index (χ0v) is 9.98. The summed E-state index contributed by atoms with van der Waals surface area (Å²) in [6, 6.07) is 8.56. The number of hydrogen-bond donors (Lipinski definition) is 0. The van der Waals surface area contributed by atoms with Crippen molar-refractivity contribution in [2.75, 3.05) is 20.6 Å². The fraction of sp³-hybridized carbons (Fsp3) is 0.357. The second-order valence-corrected chi connectivity index (χ2v) is 4.42. The smallest absolute Gasteiger partial charge is 0.0349 e. The zero-order chi connectivity index (χ0) is 11.4. The van der Waals surface area contributed by atoms with E-state index >= 15 is 0 Å². The third-order valence-corrected chi connectivity index (χ3v) is 2.83. The molecule has 1 heterocycles. The van der Waals surface area contributed by atoms with Crippen molar-refractivity contribution in [2.45, 2.75) is 12.8 Å². The summed E-state index contributed by atoms with van der Waals surface area (Å²) in [5, 5.41) is 2.58. The SMILES string of the molecule is CN(C)CCCc1cccc2ccncc12. The summed E-state index contributed by atoms with van der Waals surface area (Å²) in [7, 11) is 4.23. The fourth-order valence-electron chi connectivity index (χ4n) is 1.98. The summed E-state index contributed by atoms with van der Waals surface area (Å²) in [6.45, 7) is 1.14. The van der Waals surface area contributed by atoms with Crippen molar-refractivity contribution in [3.63, 3.8) is 0 Å². The molecule has 1 aromatic carbocycles. The molecule has 0 N–H and O–H groups in total. The number of pyridine rings is 1. The van der Waals surface area contributed by atoms with E-state index < -0.39 is 0 Å². The van der Waals surface area contributed by atoms with Gasteiger partial charge in [0.15, 0.2) is 0 Å². The van der Waals surface area contributed by atoms with Crippen LogP contribution in [-0.4, -0.2) is 30.5 Å². The number of hydrogen-bond acceptors (Lipinski definition) is 2. The average molecular weight is 214 g/mol. The molecule has 0 amide bonds. The van der Waals surface area contributed by atoms with Crippen LogP contribution in [0.2, 0.25) is 0 Å². The lowest BCUT2D eigenvalue weighted by Crippen LogP contribution is -2.13. The van der Waals surface area contributed by atoms with E-state index in [4.69, 9.17) is 0 Å². The van der Waals surface area contributed by atoms with Crippen molar-refractivity contribution >= 4 is 10.8 Å². The van der Waals surface area contributed by atoms with Crippen LogP contribution in [-0.2, 0) is 6.42 Å². The molecular weight excluding hydrogens is 196 g/mol. The molecule has 0 aliphatic carbocycles. The summed E-state index contributed by atoms with van der Waals surface area (Å²) >= 11 is 0. The van der Waals surface area contributed by atoms with Crippen molar-refractivity contribution < 1.29 is 0 Å². The molecule has 0 atom stereocenters. The molecule has 0 saturated carbocycles. The maximum Gasteiger partial charge on any atom is 0.0349 e. The Morgan fingerprint density at radius 3 is 2.88 bits per heavy atom. The van der Waals surface area contributed by atoms with E-state index in [9.17, 15) is 0 Å². The normalized spacial score (nSPS) is 11.2. The van der Waals surface area contributed by atoms with Crippen molar-refractivity contribution in [1.29, 1.82) is 0 Å². The molecule has 2 rings (SSSR count). The van der Waals surface area contributed by atoms with E-state index in [1.165, 1.54) is 22.8 Å². The molecule has 0 spiro atoms. The van der Waals surface area contributed by atoms with Crippen LogP contribution >= 0.6 is 0 Å². The Kier molecular flexibility index (Phi) is 3.52. The minimum atomic E-state index is 1.13. The van der Waals surface area contributed by atoms with Gasteiger partial charge >= 0.3 is 0 Å². The number of benzene rings is 1. The van der Waals surface area contributed by atoms with E-state index in [0.29, 0.717) is 0 Å². The van der Waals surface area contributed by atoms with E-state index in [1.54, 1.807) is 0 Å². The quantitative estimate of drug-likeness (QED) is 0.778. The largest absolute Gasteiger partial charge is 0.309 e. The summed E-state index contributed by atoms with van der Waals surface area (Å²) < 4.78 is 0. The first kappa shape index (κ1) is 11.1. The van der Waals surface area contributed by atoms with Gasteiger partial charge in [0.05, 0.1) is 0 Å². The van der Waals surface area contributed by atoms with Crippen molar-refractivity contribution in [3.05, 3.63) is 42.2 Å². The van der Waals surface area contributed by atoms with E-state index in [0.717, 1.165) is 13.0 Å². The maximum atomic E-state index is 4.21. The van der Waals surface area contributed by atoms with Gasteiger partial charge in [0.1, 0.15) is 0 Å². The molecular formula is C14H18N2. The van der Waals surface area contributed by atoms with Crippen LogP contribution in [0.5, 0.6) is 0 Å². The minimum Gasteiger partial charge on any atom is -0.309 e. The Morgan fingerprint density at radius 1 is 1.19 bits per heavy atom. The number of fused-ring (bicyclic) bond motifs is 1. The van der Waals surface area contributed by atoms with Crippen molar-refractivity contribution in [1.82, 2.24) is 9.88 Å². The summed E-state index contributed by atoms with van der Waals surface area (Å²) in [4.78, 5) is 6.43. The monoisotopic (exact) mass is 214 g/mol. The van der Waals surface area contributed by atoms with E-state index in [1.807, 2.05) is 12.4 Å². The van der Waals surface area contributed by atoms with E-state index in [-0.39, 0.29) is 0 Å². The molecule has 2 nitrogen and oxygen atoms in total. The Hall–Kier alpha value is -1.41. The number of nitrogens with zero attached hydrogens (tertiary/aromatic N) is 2. The van der Waals surface area contributed by atoms with Crippen LogP contribution < -0.4 is 0 Å². The zero-order valence-electron chi connectivity index (χ0n) is 9.98. The second kappa shape index (κ2) is 5.08. The average Bonchev–Trinajstić information content (AvgIpc) is 2.29. The van der Waals surface area contributed by atoms with Crippen LogP contribution in [0, 0.1) is 0 Å². The second-order valence-electron chi connectivity index (χ2n) is 4.42. The third-order valence-electron chi connectivity index (χ3n) is 2.83. The molecule has 0 radical (unpaired) electrons. The molecule has 2 heteroatoms. The lowest BCUT2D eigenvalue weighted by Gasteiger charge is -2.10. The number of aromatic nitrogens is 1. The first-order valence-electron chi connectivity index (χ1n) is 5.74. The molecule has 0 unspecified atom stereocenters. The molecule has 0 fully saturated rings. The van der Waals surface area contributed by atoms with Crippen LogP contribution in [0.15, 0.2) is 36.7 Å². The van der Waals surface area contributed by atoms with Gasteiger partial charge in [-0.3, -0.25) is 4.98 Å². The highest BCUT2D eigenvalue weighted by Gasteiger charge is 2.00. The van der Waals surface area contributed by atoms with Gasteiger partial charge in [-0.1, -0.05) is 18.2 Å². The van der Waals surface area contributed by atoms with Gasteiger partial charge in [0.2, 0.25) is 0 Å². The van der Waals surface area contributed by atoms with Crippen molar-refractivity contribution in [2.24, 2.45) is 0 Å². The molecule has 0 bridgehead atoms. The molecule has 1 aromatic heterocycles. The number of aryl methyl sites for hydroxylation is 1. The molecule has 0 aliphatic rings. The van der Waals surface area contributed by atoms with Gasteiger partial charge in [0.25, 0.3) is 0 Å². The predicted octanol–water partition coefficient (Wildman–Crippen LogP) is 2.73. The predicted molar refractivity (Wildman–Crippen MR) is 68.6 cm³/mol. The van der Waals surface area contributed by atoms with Crippen LogP contribution in [0.25, 0.3) is 10.8 Å². The highest BCUT2D eigenvalue weighted by Crippen LogP contribution is 2.18. The molecule has 2 aromatic rings. The summed E-state index contributed by atoms with van der Waals surface area (Å²) in [5.41, 5.74) is 1.41. The number of rotatable bonds is 4. The molecule has 0 saturated heterocycles. The Bertz CT molecular complexity index is 458.